The van der Waals surface area contributed by atoms with Crippen molar-refractivity contribution in [3.8, 4) is 11.3 Å². The molecule has 2 nitrogen and oxygen atoms in total. The second-order valence-corrected chi connectivity index (χ2v) is 16.8. The van der Waals surface area contributed by atoms with Crippen LogP contribution in [-0.2, 0) is 6.42 Å². The number of fused-ring (bicyclic) bond motifs is 4. The minimum atomic E-state index is -1.48. The maximum absolute atomic E-state index is 6.38. The largest absolute Gasteiger partial charge is 0.465 e. The predicted molar refractivity (Wildman–Crippen MR) is 138 cm³/mol. The number of rotatable bonds is 3. The minimum Gasteiger partial charge on any atom is -0.465 e. The van der Waals surface area contributed by atoms with Crippen LogP contribution in [0.25, 0.3) is 42.4 Å². The number of hydrogen-bond donors (Lipinski definition) is 0. The topological polar surface area (TPSA) is 26.0 Å². The van der Waals surface area contributed by atoms with Gasteiger partial charge in [-0.1, -0.05) is 64.7 Å². The first-order valence-electron chi connectivity index (χ1n) is 10.9. The molecule has 158 valence electrons. The number of thiophene rings is 1. The van der Waals surface area contributed by atoms with E-state index in [1.165, 1.54) is 42.1 Å². The lowest BCUT2D eigenvalue weighted by atomic mass is 9.85. The number of aromatic nitrogens is 1. The smallest absolute Gasteiger partial charge is 0.152 e. The van der Waals surface area contributed by atoms with Crippen LogP contribution in [0.5, 0.6) is 0 Å². The Morgan fingerprint density at radius 2 is 1.74 bits per heavy atom. The Kier molecular flexibility index (Phi) is 4.65. The summed E-state index contributed by atoms with van der Waals surface area (Å²) < 4.78 is 8.83. The van der Waals surface area contributed by atoms with E-state index >= 15 is 0 Å². The standard InChI is InChI=1S/C27H29NOSSi/c1-27(2,3)16-19-14-18(13-17-9-7-8-10-20(17)19)24-26-21(11-12-28-24)25-22(30-26)15-23(29-25)31(4,5)6/h7-15H,16H2,1-6H3. The summed E-state index contributed by atoms with van der Waals surface area (Å²) in [6.07, 6.45) is 2.96. The molecule has 0 aliphatic rings. The second kappa shape index (κ2) is 7.04. The number of furan rings is 1. The monoisotopic (exact) mass is 443 g/mol. The fourth-order valence-electron chi connectivity index (χ4n) is 4.30. The first kappa shape index (κ1) is 20.5. The molecule has 5 aromatic rings. The van der Waals surface area contributed by atoms with Crippen LogP contribution in [0.4, 0.5) is 0 Å². The fourth-order valence-corrected chi connectivity index (χ4v) is 6.56. The maximum Gasteiger partial charge on any atom is 0.152 e. The van der Waals surface area contributed by atoms with E-state index in [1.807, 2.05) is 17.5 Å². The van der Waals surface area contributed by atoms with Crippen molar-refractivity contribution in [2.24, 2.45) is 5.41 Å². The summed E-state index contributed by atoms with van der Waals surface area (Å²) in [5.41, 5.74) is 4.89. The molecule has 5 rings (SSSR count). The summed E-state index contributed by atoms with van der Waals surface area (Å²) in [4.78, 5) is 4.84. The molecule has 0 atom stereocenters. The summed E-state index contributed by atoms with van der Waals surface area (Å²) in [5.74, 6) is 0. The van der Waals surface area contributed by atoms with Crippen molar-refractivity contribution >= 4 is 55.9 Å². The van der Waals surface area contributed by atoms with Crippen molar-refractivity contribution in [2.45, 2.75) is 46.8 Å². The SMILES string of the molecule is CC(C)(C)Cc1cc(-c2nccc3c2sc2cc([Si](C)(C)C)oc23)cc2ccccc12. The normalized spacial score (nSPS) is 13.0. The highest BCUT2D eigenvalue weighted by Crippen LogP contribution is 2.40. The molecule has 0 amide bonds. The van der Waals surface area contributed by atoms with Gasteiger partial charge in [-0.05, 0) is 52.4 Å². The van der Waals surface area contributed by atoms with E-state index in [0.29, 0.717) is 0 Å². The van der Waals surface area contributed by atoms with Gasteiger partial charge in [-0.15, -0.1) is 11.3 Å². The van der Waals surface area contributed by atoms with Crippen LogP contribution in [-0.4, -0.2) is 13.1 Å². The van der Waals surface area contributed by atoms with Crippen LogP contribution in [0.2, 0.25) is 19.6 Å². The third-order valence-corrected chi connectivity index (χ3v) is 8.61. The van der Waals surface area contributed by atoms with Crippen molar-refractivity contribution in [3.63, 3.8) is 0 Å². The zero-order valence-electron chi connectivity index (χ0n) is 19.2. The van der Waals surface area contributed by atoms with Gasteiger partial charge in [-0.25, -0.2) is 0 Å². The van der Waals surface area contributed by atoms with Gasteiger partial charge in [-0.2, -0.15) is 0 Å². The predicted octanol–water partition coefficient (Wildman–Crippen LogP) is 8.00. The summed E-state index contributed by atoms with van der Waals surface area (Å²) in [6.45, 7) is 13.9. The lowest BCUT2D eigenvalue weighted by Gasteiger charge is -2.20. The van der Waals surface area contributed by atoms with Crippen molar-refractivity contribution in [3.05, 3.63) is 60.3 Å². The van der Waals surface area contributed by atoms with E-state index in [2.05, 4.69) is 88.9 Å². The maximum atomic E-state index is 6.38. The third-order valence-electron chi connectivity index (χ3n) is 5.74. The molecule has 0 aliphatic heterocycles. The van der Waals surface area contributed by atoms with Gasteiger partial charge in [0.05, 0.1) is 20.5 Å². The Morgan fingerprint density at radius 3 is 2.48 bits per heavy atom. The van der Waals surface area contributed by atoms with Crippen LogP contribution in [0, 0.1) is 5.41 Å². The molecule has 0 fully saturated rings. The first-order chi connectivity index (χ1) is 14.6. The Labute approximate surface area is 188 Å². The number of hydrogen-bond acceptors (Lipinski definition) is 3. The molecule has 0 saturated heterocycles. The van der Waals surface area contributed by atoms with Gasteiger partial charge in [0.2, 0.25) is 0 Å². The highest BCUT2D eigenvalue weighted by atomic mass is 32.1. The molecule has 31 heavy (non-hydrogen) atoms. The van der Waals surface area contributed by atoms with E-state index in [4.69, 9.17) is 9.40 Å². The summed E-state index contributed by atoms with van der Waals surface area (Å²) in [6, 6.07) is 17.7. The lowest BCUT2D eigenvalue weighted by molar-refractivity contribution is 0.412. The van der Waals surface area contributed by atoms with E-state index < -0.39 is 8.07 Å². The van der Waals surface area contributed by atoms with Crippen LogP contribution in [0.3, 0.4) is 0 Å². The Bertz CT molecular complexity index is 1430. The van der Waals surface area contributed by atoms with E-state index in [-0.39, 0.29) is 5.41 Å². The zero-order chi connectivity index (χ0) is 22.0. The molecular weight excluding hydrogens is 414 g/mol. The van der Waals surface area contributed by atoms with Gasteiger partial charge >= 0.3 is 0 Å². The van der Waals surface area contributed by atoms with Crippen molar-refractivity contribution in [2.75, 3.05) is 0 Å². The Balaban J connectivity index is 1.73. The molecule has 3 aromatic heterocycles. The van der Waals surface area contributed by atoms with Crippen LogP contribution in [0.1, 0.15) is 26.3 Å². The zero-order valence-corrected chi connectivity index (χ0v) is 21.0. The van der Waals surface area contributed by atoms with Crippen molar-refractivity contribution in [1.29, 1.82) is 0 Å². The van der Waals surface area contributed by atoms with Crippen LogP contribution in [0.15, 0.2) is 59.1 Å². The number of nitrogens with zero attached hydrogens (tertiary/aromatic N) is 1. The molecule has 2 aromatic carbocycles. The minimum absolute atomic E-state index is 0.219. The van der Waals surface area contributed by atoms with Crippen LogP contribution >= 0.6 is 11.3 Å². The van der Waals surface area contributed by atoms with Gasteiger partial charge in [0.15, 0.2) is 5.58 Å². The van der Waals surface area contributed by atoms with Crippen molar-refractivity contribution in [1.82, 2.24) is 4.98 Å². The van der Waals surface area contributed by atoms with Gasteiger partial charge in [0.25, 0.3) is 0 Å². The Hall–Kier alpha value is -2.43. The van der Waals surface area contributed by atoms with E-state index in [0.717, 1.165) is 17.7 Å². The molecular formula is C27H29NOSSi. The molecule has 0 spiro atoms. The number of benzene rings is 2. The van der Waals surface area contributed by atoms with Gasteiger partial charge in [0, 0.05) is 17.1 Å². The molecule has 0 bridgehead atoms. The van der Waals surface area contributed by atoms with E-state index in [9.17, 15) is 0 Å². The summed E-state index contributed by atoms with van der Waals surface area (Å²) >= 11 is 1.81. The molecule has 0 N–H and O–H groups in total. The summed E-state index contributed by atoms with van der Waals surface area (Å²) in [5, 5.41) is 4.97. The third kappa shape index (κ3) is 3.72. The quantitative estimate of drug-likeness (QED) is 0.264. The average molecular weight is 444 g/mol. The molecule has 0 unspecified atom stereocenters. The highest BCUT2D eigenvalue weighted by molar-refractivity contribution is 7.26. The van der Waals surface area contributed by atoms with Gasteiger partial charge in [0.1, 0.15) is 8.07 Å². The number of pyridine rings is 1. The average Bonchev–Trinajstić information content (AvgIpc) is 3.25. The Morgan fingerprint density at radius 1 is 0.968 bits per heavy atom. The van der Waals surface area contributed by atoms with Gasteiger partial charge < -0.3 is 4.42 Å². The van der Waals surface area contributed by atoms with Gasteiger partial charge in [-0.3, -0.25) is 4.98 Å². The molecule has 4 heteroatoms. The van der Waals surface area contributed by atoms with Crippen LogP contribution < -0.4 is 5.38 Å². The molecule has 0 saturated carbocycles. The van der Waals surface area contributed by atoms with Crippen molar-refractivity contribution < 1.29 is 4.42 Å². The highest BCUT2D eigenvalue weighted by Gasteiger charge is 2.24. The summed E-state index contributed by atoms with van der Waals surface area (Å²) in [7, 11) is -1.48. The second-order valence-electron chi connectivity index (χ2n) is 10.8. The first-order valence-corrected chi connectivity index (χ1v) is 15.3. The molecule has 3 heterocycles. The fraction of sp³-hybridized carbons (Fsp3) is 0.296. The van der Waals surface area contributed by atoms with E-state index in [1.54, 1.807) is 0 Å². The lowest BCUT2D eigenvalue weighted by Crippen LogP contribution is -2.36. The molecule has 0 aliphatic carbocycles. The molecule has 0 radical (unpaired) electrons.